The van der Waals surface area contributed by atoms with E-state index in [-0.39, 0.29) is 11.4 Å². The summed E-state index contributed by atoms with van der Waals surface area (Å²) in [5.41, 5.74) is -0.191. The van der Waals surface area contributed by atoms with Crippen LogP contribution in [-0.4, -0.2) is 31.1 Å². The summed E-state index contributed by atoms with van der Waals surface area (Å²) in [6, 6.07) is 0. The summed E-state index contributed by atoms with van der Waals surface area (Å²) < 4.78 is 16.8. The van der Waals surface area contributed by atoms with Gasteiger partial charge >= 0.3 is 5.97 Å². The molecule has 0 aromatic heterocycles. The highest BCUT2D eigenvalue weighted by atomic mass is 16.7. The number of carbonyl (C=O) groups excluding carboxylic acids is 1. The molecule has 1 saturated heterocycles. The molecule has 1 aliphatic rings. The molecular formula is C19H28O4. The summed E-state index contributed by atoms with van der Waals surface area (Å²) in [4.78, 5) is 11.2. The molecule has 0 aliphatic carbocycles. The molecule has 4 nitrogen and oxygen atoms in total. The van der Waals surface area contributed by atoms with Crippen molar-refractivity contribution in [3.63, 3.8) is 0 Å². The predicted molar refractivity (Wildman–Crippen MR) is 90.6 cm³/mol. The van der Waals surface area contributed by atoms with Gasteiger partial charge in [0.1, 0.15) is 0 Å². The largest absolute Gasteiger partial charge is 0.449 e. The molecule has 4 heteroatoms. The Kier molecular flexibility index (Phi) is 7.54. The van der Waals surface area contributed by atoms with Gasteiger partial charge in [-0.3, -0.25) is 4.79 Å². The first-order chi connectivity index (χ1) is 10.8. The number of carbonyl (C=O) groups is 1. The Bertz CT molecular complexity index is 471. The van der Waals surface area contributed by atoms with Crippen molar-refractivity contribution < 1.29 is 19.0 Å². The number of ether oxygens (including phenoxy) is 3. The Morgan fingerprint density at radius 1 is 1.30 bits per heavy atom. The minimum Gasteiger partial charge on any atom is -0.449 e. The van der Waals surface area contributed by atoms with Crippen molar-refractivity contribution in [2.24, 2.45) is 5.41 Å². The second-order valence-electron chi connectivity index (χ2n) is 6.43. The quantitative estimate of drug-likeness (QED) is 0.408. The molecule has 0 amide bonds. The number of rotatable bonds is 7. The van der Waals surface area contributed by atoms with Gasteiger partial charge in [-0.1, -0.05) is 24.0 Å². The van der Waals surface area contributed by atoms with Crippen LogP contribution < -0.4 is 0 Å². The Morgan fingerprint density at radius 2 is 1.96 bits per heavy atom. The van der Waals surface area contributed by atoms with Crippen molar-refractivity contribution in [2.45, 2.75) is 58.3 Å². The zero-order valence-electron chi connectivity index (χ0n) is 14.5. The first-order valence-electron chi connectivity index (χ1n) is 7.98. The summed E-state index contributed by atoms with van der Waals surface area (Å²) in [6.45, 7) is 13.9. The van der Waals surface area contributed by atoms with E-state index in [9.17, 15) is 4.79 Å². The Morgan fingerprint density at radius 3 is 2.48 bits per heavy atom. The van der Waals surface area contributed by atoms with Gasteiger partial charge in [0.25, 0.3) is 0 Å². The predicted octanol–water partition coefficient (Wildman–Crippen LogP) is 3.62. The molecule has 0 saturated carbocycles. The van der Waals surface area contributed by atoms with Gasteiger partial charge in [-0.05, 0) is 33.1 Å². The van der Waals surface area contributed by atoms with Crippen molar-refractivity contribution in [2.75, 3.05) is 13.2 Å². The van der Waals surface area contributed by atoms with Crippen molar-refractivity contribution in [1.29, 1.82) is 0 Å². The standard InChI is InChI=1S/C19H28O4/c1-6-8-10-17(23-16(3)20)11-9-13-19(12-7-2)14-21-18(4,5)22-15-19/h6-7,17H,1-2,8,10,12-15H2,3-5H3. The highest BCUT2D eigenvalue weighted by molar-refractivity contribution is 5.66. The van der Waals surface area contributed by atoms with Crippen LogP contribution in [0.3, 0.4) is 0 Å². The second-order valence-corrected chi connectivity index (χ2v) is 6.43. The molecular weight excluding hydrogens is 292 g/mol. The van der Waals surface area contributed by atoms with Gasteiger partial charge < -0.3 is 14.2 Å². The smallest absolute Gasteiger partial charge is 0.303 e. The zero-order chi connectivity index (χ0) is 17.3. The van der Waals surface area contributed by atoms with Crippen molar-refractivity contribution in [3.8, 4) is 11.8 Å². The maximum absolute atomic E-state index is 11.2. The minimum absolute atomic E-state index is 0.191. The second kappa shape index (κ2) is 8.90. The first kappa shape index (κ1) is 19.5. The van der Waals surface area contributed by atoms with E-state index >= 15 is 0 Å². The summed E-state index contributed by atoms with van der Waals surface area (Å²) in [5.74, 6) is 5.33. The maximum atomic E-state index is 11.2. The average Bonchev–Trinajstić information content (AvgIpc) is 2.47. The summed E-state index contributed by atoms with van der Waals surface area (Å²) >= 11 is 0. The highest BCUT2D eigenvalue weighted by Crippen LogP contribution is 2.35. The third-order valence-corrected chi connectivity index (χ3v) is 3.70. The Balaban J connectivity index is 2.71. The van der Waals surface area contributed by atoms with E-state index in [1.165, 1.54) is 6.92 Å². The van der Waals surface area contributed by atoms with Crippen LogP contribution in [0.2, 0.25) is 0 Å². The molecule has 1 heterocycles. The van der Waals surface area contributed by atoms with Crippen molar-refractivity contribution in [3.05, 3.63) is 25.3 Å². The van der Waals surface area contributed by atoms with Crippen LogP contribution in [0.4, 0.5) is 0 Å². The monoisotopic (exact) mass is 320 g/mol. The van der Waals surface area contributed by atoms with Gasteiger partial charge in [0, 0.05) is 18.8 Å². The van der Waals surface area contributed by atoms with Crippen LogP contribution in [0.5, 0.6) is 0 Å². The average molecular weight is 320 g/mol. The van der Waals surface area contributed by atoms with E-state index < -0.39 is 11.9 Å². The lowest BCUT2D eigenvalue weighted by Crippen LogP contribution is -2.46. The van der Waals surface area contributed by atoms with E-state index in [0.29, 0.717) is 26.1 Å². The topological polar surface area (TPSA) is 44.8 Å². The molecule has 0 aromatic rings. The van der Waals surface area contributed by atoms with Gasteiger partial charge in [0.15, 0.2) is 11.9 Å². The molecule has 0 spiro atoms. The van der Waals surface area contributed by atoms with Crippen molar-refractivity contribution in [1.82, 2.24) is 0 Å². The van der Waals surface area contributed by atoms with E-state index in [4.69, 9.17) is 14.2 Å². The van der Waals surface area contributed by atoms with Gasteiger partial charge in [-0.2, -0.15) is 0 Å². The van der Waals surface area contributed by atoms with Crippen LogP contribution >= 0.6 is 0 Å². The summed E-state index contributed by atoms with van der Waals surface area (Å²) in [5, 5.41) is 0. The Hall–Kier alpha value is -1.57. The van der Waals surface area contributed by atoms with E-state index in [0.717, 1.165) is 12.8 Å². The third kappa shape index (κ3) is 7.02. The van der Waals surface area contributed by atoms with Gasteiger partial charge in [0.05, 0.1) is 13.2 Å². The van der Waals surface area contributed by atoms with Crippen LogP contribution in [0.1, 0.15) is 46.5 Å². The number of hydrogen-bond donors (Lipinski definition) is 0. The lowest BCUT2D eigenvalue weighted by Gasteiger charge is -2.42. The number of allylic oxidation sites excluding steroid dienone is 2. The maximum Gasteiger partial charge on any atom is 0.303 e. The molecule has 1 rings (SSSR count). The van der Waals surface area contributed by atoms with E-state index in [1.54, 1.807) is 6.08 Å². The first-order valence-corrected chi connectivity index (χ1v) is 7.98. The van der Waals surface area contributed by atoms with E-state index in [1.807, 2.05) is 19.9 Å². The molecule has 0 bridgehead atoms. The minimum atomic E-state index is -0.553. The molecule has 0 N–H and O–H groups in total. The van der Waals surface area contributed by atoms with Crippen LogP contribution in [0.25, 0.3) is 0 Å². The van der Waals surface area contributed by atoms with E-state index in [2.05, 4.69) is 25.0 Å². The SMILES string of the molecule is C=CCCC(C#CCC1(CC=C)COC(C)(C)OC1)OC(C)=O. The molecule has 1 atom stereocenters. The normalized spacial score (nSPS) is 19.8. The van der Waals surface area contributed by atoms with Gasteiger partial charge in [0.2, 0.25) is 0 Å². The Labute approximate surface area is 139 Å². The van der Waals surface area contributed by atoms with Gasteiger partial charge in [-0.25, -0.2) is 0 Å². The van der Waals surface area contributed by atoms with Crippen LogP contribution in [0.15, 0.2) is 25.3 Å². The van der Waals surface area contributed by atoms with Crippen molar-refractivity contribution >= 4 is 5.97 Å². The highest BCUT2D eigenvalue weighted by Gasteiger charge is 2.38. The van der Waals surface area contributed by atoms with Crippen LogP contribution in [0, 0.1) is 17.3 Å². The molecule has 23 heavy (non-hydrogen) atoms. The number of esters is 1. The fraction of sp³-hybridized carbons (Fsp3) is 0.632. The lowest BCUT2D eigenvalue weighted by molar-refractivity contribution is -0.284. The molecule has 128 valence electrons. The van der Waals surface area contributed by atoms with Crippen LogP contribution in [-0.2, 0) is 19.0 Å². The molecule has 1 aliphatic heterocycles. The molecule has 1 unspecified atom stereocenters. The lowest BCUT2D eigenvalue weighted by atomic mass is 9.82. The fourth-order valence-electron chi connectivity index (χ4n) is 2.32. The molecule has 1 fully saturated rings. The number of hydrogen-bond acceptors (Lipinski definition) is 4. The fourth-order valence-corrected chi connectivity index (χ4v) is 2.32. The molecule has 0 radical (unpaired) electrons. The summed E-state index contributed by atoms with van der Waals surface area (Å²) in [7, 11) is 0. The van der Waals surface area contributed by atoms with Gasteiger partial charge in [-0.15, -0.1) is 13.2 Å². The summed E-state index contributed by atoms with van der Waals surface area (Å²) in [6.07, 6.45) is 6.06. The third-order valence-electron chi connectivity index (χ3n) is 3.70. The molecule has 0 aromatic carbocycles. The zero-order valence-corrected chi connectivity index (χ0v) is 14.5.